The molecule has 1 saturated heterocycles. The molecule has 0 aromatic heterocycles. The third kappa shape index (κ3) is 4.89. The Morgan fingerprint density at radius 1 is 1.00 bits per heavy atom. The number of ether oxygens (including phenoxy) is 1. The summed E-state index contributed by atoms with van der Waals surface area (Å²) in [5, 5.41) is 5.85. The minimum absolute atomic E-state index is 0.0858. The van der Waals surface area contributed by atoms with E-state index in [1.54, 1.807) is 24.3 Å². The molecule has 3 rings (SSSR count). The lowest BCUT2D eigenvalue weighted by atomic mass is 10.1. The van der Waals surface area contributed by atoms with E-state index < -0.39 is 10.0 Å². The van der Waals surface area contributed by atoms with Crippen LogP contribution in [0.3, 0.4) is 0 Å². The summed E-state index contributed by atoms with van der Waals surface area (Å²) in [6.07, 6.45) is 0. The number of anilines is 2. The van der Waals surface area contributed by atoms with Crippen molar-refractivity contribution in [2.75, 3.05) is 43.5 Å². The molecule has 2 N–H and O–H groups in total. The van der Waals surface area contributed by atoms with Crippen LogP contribution in [0.25, 0.3) is 0 Å². The third-order valence-electron chi connectivity index (χ3n) is 4.71. The number of aryl methyl sites for hydroxylation is 2. The van der Waals surface area contributed by atoms with E-state index in [1.807, 2.05) is 32.0 Å². The Morgan fingerprint density at radius 3 is 2.29 bits per heavy atom. The van der Waals surface area contributed by atoms with Crippen LogP contribution in [0.2, 0.25) is 0 Å². The second-order valence-electron chi connectivity index (χ2n) is 6.74. The number of benzene rings is 2. The Hall–Kier alpha value is -2.42. The SMILES string of the molecule is Cc1ccc(NC(=O)CNc2ccc(S(=O)(=O)N3CCOCC3)cc2)cc1C. The molecule has 28 heavy (non-hydrogen) atoms. The molecule has 7 nitrogen and oxygen atoms in total. The van der Waals surface area contributed by atoms with Crippen LogP contribution in [0, 0.1) is 13.8 Å². The van der Waals surface area contributed by atoms with E-state index in [9.17, 15) is 13.2 Å². The van der Waals surface area contributed by atoms with Crippen molar-refractivity contribution in [1.29, 1.82) is 0 Å². The van der Waals surface area contributed by atoms with Gasteiger partial charge in [-0.3, -0.25) is 4.79 Å². The molecule has 150 valence electrons. The lowest BCUT2D eigenvalue weighted by Gasteiger charge is -2.26. The van der Waals surface area contributed by atoms with Crippen molar-refractivity contribution < 1.29 is 17.9 Å². The smallest absolute Gasteiger partial charge is 0.243 e. The molecule has 0 bridgehead atoms. The van der Waals surface area contributed by atoms with Gasteiger partial charge in [0.05, 0.1) is 24.7 Å². The number of hydrogen-bond acceptors (Lipinski definition) is 5. The van der Waals surface area contributed by atoms with Crippen LogP contribution >= 0.6 is 0 Å². The Balaban J connectivity index is 1.56. The number of amides is 1. The summed E-state index contributed by atoms with van der Waals surface area (Å²) >= 11 is 0. The van der Waals surface area contributed by atoms with Crippen molar-refractivity contribution >= 4 is 27.3 Å². The standard InChI is InChI=1S/C20H25N3O4S/c1-15-3-4-18(13-16(15)2)22-20(24)14-21-17-5-7-19(8-6-17)28(25,26)23-9-11-27-12-10-23/h3-8,13,21H,9-12,14H2,1-2H3,(H,22,24). The maximum absolute atomic E-state index is 12.6. The molecule has 0 unspecified atom stereocenters. The van der Waals surface area contributed by atoms with Crippen LogP contribution in [0.5, 0.6) is 0 Å². The Kier molecular flexibility index (Phi) is 6.33. The van der Waals surface area contributed by atoms with Gasteiger partial charge in [-0.1, -0.05) is 6.07 Å². The molecule has 0 aliphatic carbocycles. The van der Waals surface area contributed by atoms with Gasteiger partial charge in [-0.05, 0) is 61.4 Å². The highest BCUT2D eigenvalue weighted by Crippen LogP contribution is 2.19. The van der Waals surface area contributed by atoms with E-state index in [0.717, 1.165) is 11.3 Å². The van der Waals surface area contributed by atoms with E-state index in [1.165, 1.54) is 9.87 Å². The first-order chi connectivity index (χ1) is 13.4. The zero-order valence-electron chi connectivity index (χ0n) is 16.1. The summed E-state index contributed by atoms with van der Waals surface area (Å²) in [5.74, 6) is -0.173. The summed E-state index contributed by atoms with van der Waals surface area (Å²) in [4.78, 5) is 12.4. The average molecular weight is 404 g/mol. The molecule has 1 amide bonds. The second-order valence-corrected chi connectivity index (χ2v) is 8.68. The van der Waals surface area contributed by atoms with Crippen LogP contribution in [0.4, 0.5) is 11.4 Å². The number of nitrogens with one attached hydrogen (secondary N) is 2. The number of rotatable bonds is 6. The lowest BCUT2D eigenvalue weighted by Crippen LogP contribution is -2.40. The number of sulfonamides is 1. The van der Waals surface area contributed by atoms with Gasteiger partial charge < -0.3 is 15.4 Å². The van der Waals surface area contributed by atoms with E-state index in [4.69, 9.17) is 4.74 Å². The first-order valence-electron chi connectivity index (χ1n) is 9.15. The molecule has 1 aliphatic heterocycles. The van der Waals surface area contributed by atoms with Crippen LogP contribution in [-0.2, 0) is 19.6 Å². The topological polar surface area (TPSA) is 87.7 Å². The first-order valence-corrected chi connectivity index (χ1v) is 10.6. The zero-order valence-corrected chi connectivity index (χ0v) is 16.9. The number of carbonyl (C=O) groups excluding carboxylic acids is 1. The van der Waals surface area contributed by atoms with Gasteiger partial charge >= 0.3 is 0 Å². The monoisotopic (exact) mass is 403 g/mol. The minimum Gasteiger partial charge on any atom is -0.379 e. The van der Waals surface area contributed by atoms with Gasteiger partial charge in [0, 0.05) is 24.5 Å². The van der Waals surface area contributed by atoms with Gasteiger partial charge in [-0.2, -0.15) is 4.31 Å². The maximum Gasteiger partial charge on any atom is 0.243 e. The van der Waals surface area contributed by atoms with Gasteiger partial charge in [0.25, 0.3) is 0 Å². The fourth-order valence-electron chi connectivity index (χ4n) is 2.89. The zero-order chi connectivity index (χ0) is 20.1. The molecule has 1 aliphatic rings. The van der Waals surface area contributed by atoms with Crippen molar-refractivity contribution in [1.82, 2.24) is 4.31 Å². The fourth-order valence-corrected chi connectivity index (χ4v) is 4.30. The molecule has 1 fully saturated rings. The van der Waals surface area contributed by atoms with Gasteiger partial charge in [0.1, 0.15) is 0 Å². The van der Waals surface area contributed by atoms with Gasteiger partial charge in [-0.25, -0.2) is 8.42 Å². The summed E-state index contributed by atoms with van der Waals surface area (Å²) in [6.45, 7) is 5.65. The molecule has 2 aromatic carbocycles. The Morgan fingerprint density at radius 2 is 1.64 bits per heavy atom. The van der Waals surface area contributed by atoms with Gasteiger partial charge in [0.15, 0.2) is 0 Å². The number of nitrogens with zero attached hydrogens (tertiary/aromatic N) is 1. The quantitative estimate of drug-likeness (QED) is 0.773. The van der Waals surface area contributed by atoms with Crippen LogP contribution < -0.4 is 10.6 Å². The normalized spacial score (nSPS) is 15.2. The molecular formula is C20H25N3O4S. The highest BCUT2D eigenvalue weighted by molar-refractivity contribution is 7.89. The second kappa shape index (κ2) is 8.72. The Bertz CT molecular complexity index is 936. The molecular weight excluding hydrogens is 378 g/mol. The molecule has 1 heterocycles. The van der Waals surface area contributed by atoms with Crippen molar-refractivity contribution in [2.45, 2.75) is 18.7 Å². The predicted octanol–water partition coefficient (Wildman–Crippen LogP) is 2.37. The highest BCUT2D eigenvalue weighted by atomic mass is 32.2. The number of hydrogen-bond donors (Lipinski definition) is 2. The lowest BCUT2D eigenvalue weighted by molar-refractivity contribution is -0.114. The fraction of sp³-hybridized carbons (Fsp3) is 0.350. The summed E-state index contributed by atoms with van der Waals surface area (Å²) < 4.78 is 31.8. The summed E-state index contributed by atoms with van der Waals surface area (Å²) in [7, 11) is -3.51. The minimum atomic E-state index is -3.51. The van der Waals surface area contributed by atoms with Crippen molar-refractivity contribution in [3.05, 3.63) is 53.6 Å². The van der Waals surface area contributed by atoms with Crippen molar-refractivity contribution in [3.8, 4) is 0 Å². The van der Waals surface area contributed by atoms with E-state index >= 15 is 0 Å². The average Bonchev–Trinajstić information content (AvgIpc) is 2.70. The first kappa shape index (κ1) is 20.3. The number of carbonyl (C=O) groups is 1. The van der Waals surface area contributed by atoms with Crippen LogP contribution in [-0.4, -0.2) is 51.5 Å². The molecule has 0 atom stereocenters. The van der Waals surface area contributed by atoms with E-state index in [0.29, 0.717) is 32.0 Å². The summed E-state index contributed by atoms with van der Waals surface area (Å²) in [5.41, 5.74) is 3.71. The summed E-state index contributed by atoms with van der Waals surface area (Å²) in [6, 6.07) is 12.2. The van der Waals surface area contributed by atoms with Crippen LogP contribution in [0.1, 0.15) is 11.1 Å². The van der Waals surface area contributed by atoms with Crippen LogP contribution in [0.15, 0.2) is 47.4 Å². The molecule has 2 aromatic rings. The molecule has 8 heteroatoms. The predicted molar refractivity (Wildman–Crippen MR) is 109 cm³/mol. The van der Waals surface area contributed by atoms with Gasteiger partial charge in [0.2, 0.25) is 15.9 Å². The maximum atomic E-state index is 12.6. The molecule has 0 saturated carbocycles. The van der Waals surface area contributed by atoms with Crippen molar-refractivity contribution in [3.63, 3.8) is 0 Å². The molecule has 0 spiro atoms. The number of morpholine rings is 1. The largest absolute Gasteiger partial charge is 0.379 e. The molecule has 0 radical (unpaired) electrons. The van der Waals surface area contributed by atoms with E-state index in [2.05, 4.69) is 10.6 Å². The third-order valence-corrected chi connectivity index (χ3v) is 6.62. The van der Waals surface area contributed by atoms with Crippen molar-refractivity contribution in [2.24, 2.45) is 0 Å². The Labute approximate surface area is 165 Å². The highest BCUT2D eigenvalue weighted by Gasteiger charge is 2.26. The van der Waals surface area contributed by atoms with Gasteiger partial charge in [-0.15, -0.1) is 0 Å². The van der Waals surface area contributed by atoms with E-state index in [-0.39, 0.29) is 17.3 Å².